The average Bonchev–Trinajstić information content (AvgIpc) is 2.02. The van der Waals surface area contributed by atoms with Gasteiger partial charge in [0, 0.05) is 13.1 Å². The standard InChI is InChI=1S/C11H26N2/c1-7-12(5)9-11(3,4)10-13(6)8-2/h7-10H2,1-6H3. The van der Waals surface area contributed by atoms with Crippen LogP contribution < -0.4 is 0 Å². The van der Waals surface area contributed by atoms with Gasteiger partial charge in [0.15, 0.2) is 0 Å². The zero-order valence-corrected chi connectivity index (χ0v) is 10.2. The molecule has 0 aromatic carbocycles. The summed E-state index contributed by atoms with van der Waals surface area (Å²) < 4.78 is 0. The molecule has 0 aromatic rings. The van der Waals surface area contributed by atoms with Crippen LogP contribution in [0.25, 0.3) is 0 Å². The molecule has 0 amide bonds. The summed E-state index contributed by atoms with van der Waals surface area (Å²) in [5, 5.41) is 0. The van der Waals surface area contributed by atoms with E-state index in [1.165, 1.54) is 13.1 Å². The average molecular weight is 186 g/mol. The predicted molar refractivity (Wildman–Crippen MR) is 60.1 cm³/mol. The van der Waals surface area contributed by atoms with Gasteiger partial charge in [-0.25, -0.2) is 0 Å². The van der Waals surface area contributed by atoms with Crippen molar-refractivity contribution in [2.45, 2.75) is 27.7 Å². The normalized spacial score (nSPS) is 12.9. The molecule has 0 aliphatic heterocycles. The summed E-state index contributed by atoms with van der Waals surface area (Å²) in [6.07, 6.45) is 0. The van der Waals surface area contributed by atoms with Crippen molar-refractivity contribution in [2.75, 3.05) is 40.3 Å². The van der Waals surface area contributed by atoms with Crippen LogP contribution in [0.1, 0.15) is 27.7 Å². The molecule has 0 bridgehead atoms. The molecule has 0 radical (unpaired) electrons. The minimum Gasteiger partial charge on any atom is -0.306 e. The summed E-state index contributed by atoms with van der Waals surface area (Å²) in [4.78, 5) is 4.76. The lowest BCUT2D eigenvalue weighted by Gasteiger charge is -2.33. The molecule has 0 saturated heterocycles. The molecule has 0 rings (SSSR count). The van der Waals surface area contributed by atoms with E-state index in [2.05, 4.69) is 51.6 Å². The van der Waals surface area contributed by atoms with Gasteiger partial charge in [-0.3, -0.25) is 0 Å². The molecule has 0 aliphatic carbocycles. The van der Waals surface area contributed by atoms with Gasteiger partial charge in [0.2, 0.25) is 0 Å². The highest BCUT2D eigenvalue weighted by atomic mass is 15.1. The Morgan fingerprint density at radius 1 is 0.846 bits per heavy atom. The molecule has 13 heavy (non-hydrogen) atoms. The quantitative estimate of drug-likeness (QED) is 0.625. The molecule has 0 aliphatic rings. The molecule has 2 nitrogen and oxygen atoms in total. The Morgan fingerprint density at radius 2 is 1.15 bits per heavy atom. The van der Waals surface area contributed by atoms with Crippen LogP contribution in [0.2, 0.25) is 0 Å². The van der Waals surface area contributed by atoms with Crippen LogP contribution in [0, 0.1) is 5.41 Å². The number of hydrogen-bond acceptors (Lipinski definition) is 2. The van der Waals surface area contributed by atoms with Gasteiger partial charge in [-0.15, -0.1) is 0 Å². The first kappa shape index (κ1) is 12.9. The van der Waals surface area contributed by atoms with E-state index in [4.69, 9.17) is 0 Å². The van der Waals surface area contributed by atoms with Gasteiger partial charge in [0.05, 0.1) is 0 Å². The number of hydrogen-bond donors (Lipinski definition) is 0. The maximum Gasteiger partial charge on any atom is 0.00418 e. The zero-order valence-electron chi connectivity index (χ0n) is 10.2. The first-order chi connectivity index (χ1) is 5.91. The van der Waals surface area contributed by atoms with E-state index in [0.29, 0.717) is 5.41 Å². The monoisotopic (exact) mass is 186 g/mol. The van der Waals surface area contributed by atoms with Crippen molar-refractivity contribution in [2.24, 2.45) is 5.41 Å². The Kier molecular flexibility index (Phi) is 5.57. The summed E-state index contributed by atoms with van der Waals surface area (Å²) in [5.74, 6) is 0. The molecule has 0 unspecified atom stereocenters. The largest absolute Gasteiger partial charge is 0.306 e. The van der Waals surface area contributed by atoms with E-state index in [0.717, 1.165) is 13.1 Å². The van der Waals surface area contributed by atoms with Gasteiger partial charge in [-0.05, 0) is 32.6 Å². The molecule has 0 spiro atoms. The first-order valence-corrected chi connectivity index (χ1v) is 5.28. The van der Waals surface area contributed by atoms with Crippen LogP contribution >= 0.6 is 0 Å². The van der Waals surface area contributed by atoms with Gasteiger partial charge in [-0.1, -0.05) is 27.7 Å². The van der Waals surface area contributed by atoms with Gasteiger partial charge in [0.1, 0.15) is 0 Å². The number of rotatable bonds is 6. The van der Waals surface area contributed by atoms with Crippen molar-refractivity contribution in [3.8, 4) is 0 Å². The van der Waals surface area contributed by atoms with Crippen LogP contribution in [0.4, 0.5) is 0 Å². The van der Waals surface area contributed by atoms with E-state index in [1.807, 2.05) is 0 Å². The molecule has 0 aromatic heterocycles. The van der Waals surface area contributed by atoms with Gasteiger partial charge in [-0.2, -0.15) is 0 Å². The molecule has 0 N–H and O–H groups in total. The van der Waals surface area contributed by atoms with E-state index >= 15 is 0 Å². The van der Waals surface area contributed by atoms with Crippen molar-refractivity contribution in [3.05, 3.63) is 0 Å². The molecule has 0 atom stereocenters. The van der Waals surface area contributed by atoms with Gasteiger partial charge in [0.25, 0.3) is 0 Å². The summed E-state index contributed by atoms with van der Waals surface area (Å²) in [5.41, 5.74) is 0.398. The Labute approximate surface area is 83.9 Å². The third kappa shape index (κ3) is 6.05. The molecule has 0 fully saturated rings. The SMILES string of the molecule is CCN(C)CC(C)(C)CN(C)CC. The molecular weight excluding hydrogens is 160 g/mol. The summed E-state index contributed by atoms with van der Waals surface area (Å²) in [6, 6.07) is 0. The van der Waals surface area contributed by atoms with Gasteiger partial charge < -0.3 is 9.80 Å². The predicted octanol–water partition coefficient (Wildman–Crippen LogP) is 1.92. The minimum atomic E-state index is 0.398. The van der Waals surface area contributed by atoms with E-state index in [-0.39, 0.29) is 0 Å². The maximum absolute atomic E-state index is 2.38. The molecular formula is C11H26N2. The Hall–Kier alpha value is -0.0800. The topological polar surface area (TPSA) is 6.48 Å². The fourth-order valence-electron chi connectivity index (χ4n) is 1.73. The highest BCUT2D eigenvalue weighted by Gasteiger charge is 2.20. The second kappa shape index (κ2) is 5.61. The van der Waals surface area contributed by atoms with Crippen molar-refractivity contribution < 1.29 is 0 Å². The second-order valence-electron chi connectivity index (χ2n) is 4.83. The maximum atomic E-state index is 2.38. The van der Waals surface area contributed by atoms with Crippen molar-refractivity contribution in [3.63, 3.8) is 0 Å². The van der Waals surface area contributed by atoms with E-state index in [1.54, 1.807) is 0 Å². The van der Waals surface area contributed by atoms with Crippen LogP contribution in [0.15, 0.2) is 0 Å². The Balaban J connectivity index is 3.92. The summed E-state index contributed by atoms with van der Waals surface area (Å²) >= 11 is 0. The van der Waals surface area contributed by atoms with E-state index < -0.39 is 0 Å². The van der Waals surface area contributed by atoms with E-state index in [9.17, 15) is 0 Å². The lowest BCUT2D eigenvalue weighted by Crippen LogP contribution is -2.39. The summed E-state index contributed by atoms with van der Waals surface area (Å²) in [6.45, 7) is 13.7. The molecule has 0 saturated carbocycles. The van der Waals surface area contributed by atoms with Crippen molar-refractivity contribution in [1.29, 1.82) is 0 Å². The number of nitrogens with zero attached hydrogens (tertiary/aromatic N) is 2. The highest BCUT2D eigenvalue weighted by Crippen LogP contribution is 2.17. The molecule has 2 heteroatoms. The van der Waals surface area contributed by atoms with Crippen LogP contribution in [-0.2, 0) is 0 Å². The molecule has 80 valence electrons. The Morgan fingerprint density at radius 3 is 1.38 bits per heavy atom. The fraction of sp³-hybridized carbons (Fsp3) is 1.00. The van der Waals surface area contributed by atoms with Crippen molar-refractivity contribution >= 4 is 0 Å². The third-order valence-corrected chi connectivity index (χ3v) is 2.48. The zero-order chi connectivity index (χ0) is 10.5. The lowest BCUT2D eigenvalue weighted by molar-refractivity contribution is 0.157. The third-order valence-electron chi connectivity index (χ3n) is 2.48. The second-order valence-corrected chi connectivity index (χ2v) is 4.83. The fourth-order valence-corrected chi connectivity index (χ4v) is 1.73. The van der Waals surface area contributed by atoms with Crippen LogP contribution in [-0.4, -0.2) is 50.1 Å². The summed E-state index contributed by atoms with van der Waals surface area (Å²) in [7, 11) is 4.38. The van der Waals surface area contributed by atoms with Crippen molar-refractivity contribution in [1.82, 2.24) is 9.80 Å². The molecule has 0 heterocycles. The highest BCUT2D eigenvalue weighted by molar-refractivity contribution is 4.75. The first-order valence-electron chi connectivity index (χ1n) is 5.28. The van der Waals surface area contributed by atoms with Crippen LogP contribution in [0.5, 0.6) is 0 Å². The Bertz CT molecular complexity index is 118. The van der Waals surface area contributed by atoms with Crippen LogP contribution in [0.3, 0.4) is 0 Å². The smallest absolute Gasteiger partial charge is 0.00418 e. The van der Waals surface area contributed by atoms with Gasteiger partial charge >= 0.3 is 0 Å². The lowest BCUT2D eigenvalue weighted by atomic mass is 9.92. The minimum absolute atomic E-state index is 0.398.